The zero-order valence-corrected chi connectivity index (χ0v) is 11.0. The molecule has 7 nitrogen and oxygen atoms in total. The minimum absolute atomic E-state index is 0.119. The highest BCUT2D eigenvalue weighted by atomic mass is 32.1. The Hall–Kier alpha value is -2.35. The van der Waals surface area contributed by atoms with Crippen LogP contribution >= 0.6 is 11.5 Å². The van der Waals surface area contributed by atoms with Gasteiger partial charge in [0.1, 0.15) is 16.5 Å². The van der Waals surface area contributed by atoms with Crippen LogP contribution in [0.15, 0.2) is 18.2 Å². The molecule has 19 heavy (non-hydrogen) atoms. The molecule has 0 unspecified atom stereocenters. The fourth-order valence-corrected chi connectivity index (χ4v) is 2.01. The first-order valence-corrected chi connectivity index (χ1v) is 5.97. The maximum atomic E-state index is 10.9. The summed E-state index contributed by atoms with van der Waals surface area (Å²) in [5, 5.41) is 15.8. The number of carbonyl (C=O) groups is 1. The molecular formula is C11H11N3O4S. The molecular weight excluding hydrogens is 270 g/mol. The number of ether oxygens (including phenoxy) is 2. The quantitative estimate of drug-likeness (QED) is 0.865. The predicted octanol–water partition coefficient (Wildman–Crippen LogP) is 2.00. The topological polar surface area (TPSA) is 93.6 Å². The summed E-state index contributed by atoms with van der Waals surface area (Å²) in [6, 6.07) is 5.15. The Morgan fingerprint density at radius 1 is 1.26 bits per heavy atom. The standard InChI is InChI=1S/C11H11N3O4S/c1-17-7-3-6(4-8(5-7)18-2)12-10-9(11(15)16)13-14-19-10/h3-5,12H,1-2H3,(H,15,16). The van der Waals surface area contributed by atoms with Crippen LogP contribution in [-0.2, 0) is 0 Å². The fraction of sp³-hybridized carbons (Fsp3) is 0.182. The highest BCUT2D eigenvalue weighted by Crippen LogP contribution is 2.30. The van der Waals surface area contributed by atoms with E-state index in [1.54, 1.807) is 18.2 Å². The summed E-state index contributed by atoms with van der Waals surface area (Å²) >= 11 is 0.965. The second-order valence-electron chi connectivity index (χ2n) is 3.48. The number of benzene rings is 1. The Kier molecular flexibility index (Phi) is 3.81. The molecule has 1 aromatic heterocycles. The number of methoxy groups -OCH3 is 2. The molecule has 2 aromatic rings. The number of nitrogens with one attached hydrogen (secondary N) is 1. The van der Waals surface area contributed by atoms with Gasteiger partial charge in [0.2, 0.25) is 5.69 Å². The summed E-state index contributed by atoms with van der Waals surface area (Å²) < 4.78 is 13.9. The molecule has 0 atom stereocenters. The van der Waals surface area contributed by atoms with E-state index in [0.717, 1.165) is 11.5 Å². The van der Waals surface area contributed by atoms with Gasteiger partial charge in [0.05, 0.1) is 14.2 Å². The Morgan fingerprint density at radius 3 is 2.42 bits per heavy atom. The van der Waals surface area contributed by atoms with Crippen LogP contribution in [0.2, 0.25) is 0 Å². The Bertz CT molecular complexity index is 577. The van der Waals surface area contributed by atoms with Gasteiger partial charge in [-0.25, -0.2) is 4.79 Å². The van der Waals surface area contributed by atoms with Gasteiger partial charge < -0.3 is 19.9 Å². The smallest absolute Gasteiger partial charge is 0.359 e. The molecule has 2 rings (SSSR count). The van der Waals surface area contributed by atoms with Crippen molar-refractivity contribution in [3.8, 4) is 11.5 Å². The van der Waals surface area contributed by atoms with Crippen molar-refractivity contribution in [2.24, 2.45) is 0 Å². The zero-order chi connectivity index (χ0) is 13.8. The summed E-state index contributed by atoms with van der Waals surface area (Å²) in [4.78, 5) is 10.9. The van der Waals surface area contributed by atoms with Gasteiger partial charge in [-0.3, -0.25) is 0 Å². The summed E-state index contributed by atoms with van der Waals surface area (Å²) in [5.74, 6) is 0.0542. The molecule has 0 saturated carbocycles. The monoisotopic (exact) mass is 281 g/mol. The van der Waals surface area contributed by atoms with E-state index in [1.807, 2.05) is 0 Å². The van der Waals surface area contributed by atoms with Crippen LogP contribution in [-0.4, -0.2) is 34.9 Å². The second-order valence-corrected chi connectivity index (χ2v) is 4.24. The maximum Gasteiger partial charge on any atom is 0.359 e. The van der Waals surface area contributed by atoms with Crippen LogP contribution in [0.1, 0.15) is 10.5 Å². The van der Waals surface area contributed by atoms with Gasteiger partial charge >= 0.3 is 5.97 Å². The lowest BCUT2D eigenvalue weighted by atomic mass is 10.2. The Morgan fingerprint density at radius 2 is 1.89 bits per heavy atom. The van der Waals surface area contributed by atoms with Crippen molar-refractivity contribution in [3.63, 3.8) is 0 Å². The third-order valence-electron chi connectivity index (χ3n) is 2.30. The molecule has 2 N–H and O–H groups in total. The normalized spacial score (nSPS) is 10.0. The van der Waals surface area contributed by atoms with E-state index in [4.69, 9.17) is 14.6 Å². The first-order chi connectivity index (χ1) is 9.13. The lowest BCUT2D eigenvalue weighted by Gasteiger charge is -2.09. The highest BCUT2D eigenvalue weighted by Gasteiger charge is 2.15. The summed E-state index contributed by atoms with van der Waals surface area (Å²) in [5.41, 5.74) is 0.511. The lowest BCUT2D eigenvalue weighted by molar-refractivity contribution is 0.0691. The average molecular weight is 281 g/mol. The van der Waals surface area contributed by atoms with Gasteiger partial charge in [0.25, 0.3) is 0 Å². The number of anilines is 2. The van der Waals surface area contributed by atoms with E-state index < -0.39 is 5.97 Å². The number of carboxylic acids is 1. The van der Waals surface area contributed by atoms with Crippen LogP contribution in [0.25, 0.3) is 0 Å². The minimum Gasteiger partial charge on any atom is -0.497 e. The molecule has 0 bridgehead atoms. The summed E-state index contributed by atoms with van der Waals surface area (Å²) in [6.07, 6.45) is 0. The Labute approximate surface area is 113 Å². The largest absolute Gasteiger partial charge is 0.497 e. The van der Waals surface area contributed by atoms with E-state index in [-0.39, 0.29) is 5.69 Å². The molecule has 0 radical (unpaired) electrons. The van der Waals surface area contributed by atoms with Crippen molar-refractivity contribution >= 4 is 28.2 Å². The van der Waals surface area contributed by atoms with E-state index in [9.17, 15) is 4.79 Å². The second kappa shape index (κ2) is 5.53. The molecule has 0 aliphatic heterocycles. The van der Waals surface area contributed by atoms with Gasteiger partial charge in [-0.2, -0.15) is 0 Å². The van der Waals surface area contributed by atoms with Gasteiger partial charge in [0.15, 0.2) is 0 Å². The van der Waals surface area contributed by atoms with Gasteiger partial charge in [0, 0.05) is 35.4 Å². The van der Waals surface area contributed by atoms with Crippen LogP contribution in [0, 0.1) is 0 Å². The molecule has 1 aromatic carbocycles. The molecule has 0 saturated heterocycles. The van der Waals surface area contributed by atoms with E-state index >= 15 is 0 Å². The number of hydrogen-bond acceptors (Lipinski definition) is 7. The molecule has 0 spiro atoms. The molecule has 0 aliphatic carbocycles. The van der Waals surface area contributed by atoms with Gasteiger partial charge in [-0.05, 0) is 0 Å². The lowest BCUT2D eigenvalue weighted by Crippen LogP contribution is -2.01. The van der Waals surface area contributed by atoms with Crippen molar-refractivity contribution in [2.75, 3.05) is 19.5 Å². The van der Waals surface area contributed by atoms with Crippen molar-refractivity contribution in [1.82, 2.24) is 9.59 Å². The molecule has 1 heterocycles. The van der Waals surface area contributed by atoms with E-state index in [0.29, 0.717) is 22.2 Å². The minimum atomic E-state index is -1.13. The van der Waals surface area contributed by atoms with Crippen molar-refractivity contribution in [3.05, 3.63) is 23.9 Å². The number of hydrogen-bond donors (Lipinski definition) is 2. The molecule has 0 aliphatic rings. The third kappa shape index (κ3) is 2.91. The SMILES string of the molecule is COc1cc(Nc2snnc2C(=O)O)cc(OC)c1. The zero-order valence-electron chi connectivity index (χ0n) is 10.2. The first kappa shape index (κ1) is 13.1. The van der Waals surface area contributed by atoms with Crippen LogP contribution < -0.4 is 14.8 Å². The number of rotatable bonds is 5. The third-order valence-corrected chi connectivity index (χ3v) is 2.94. The molecule has 100 valence electrons. The number of aromatic nitrogens is 2. The number of carboxylic acid groups (broad SMARTS) is 1. The summed E-state index contributed by atoms with van der Waals surface area (Å²) in [6.45, 7) is 0. The maximum absolute atomic E-state index is 10.9. The van der Waals surface area contributed by atoms with E-state index in [1.165, 1.54) is 14.2 Å². The van der Waals surface area contributed by atoms with Crippen molar-refractivity contribution < 1.29 is 19.4 Å². The van der Waals surface area contributed by atoms with Crippen LogP contribution in [0.4, 0.5) is 10.7 Å². The first-order valence-electron chi connectivity index (χ1n) is 5.19. The van der Waals surface area contributed by atoms with Crippen molar-refractivity contribution in [1.29, 1.82) is 0 Å². The van der Waals surface area contributed by atoms with Crippen LogP contribution in [0.3, 0.4) is 0 Å². The van der Waals surface area contributed by atoms with Gasteiger partial charge in [-0.1, -0.05) is 4.49 Å². The highest BCUT2D eigenvalue weighted by molar-refractivity contribution is 7.10. The molecule has 0 fully saturated rings. The predicted molar refractivity (Wildman–Crippen MR) is 69.7 cm³/mol. The Balaban J connectivity index is 2.32. The number of nitrogens with zero attached hydrogens (tertiary/aromatic N) is 2. The molecule has 8 heteroatoms. The summed E-state index contributed by atoms with van der Waals surface area (Å²) in [7, 11) is 3.07. The average Bonchev–Trinajstić information content (AvgIpc) is 2.86. The van der Waals surface area contributed by atoms with E-state index in [2.05, 4.69) is 14.9 Å². The fourth-order valence-electron chi connectivity index (χ4n) is 1.42. The van der Waals surface area contributed by atoms with Crippen LogP contribution in [0.5, 0.6) is 11.5 Å². The van der Waals surface area contributed by atoms with Crippen molar-refractivity contribution in [2.45, 2.75) is 0 Å². The van der Waals surface area contributed by atoms with Gasteiger partial charge in [-0.15, -0.1) is 5.10 Å². The molecule has 0 amide bonds. The number of aromatic carboxylic acids is 1.